The summed E-state index contributed by atoms with van der Waals surface area (Å²) >= 11 is 1.39. The number of nitrogens with one attached hydrogen (secondary N) is 1. The van der Waals surface area contributed by atoms with Gasteiger partial charge in [-0.2, -0.15) is 0 Å². The molecule has 0 radical (unpaired) electrons. The van der Waals surface area contributed by atoms with Crippen LogP contribution in [0.4, 0.5) is 5.13 Å². The van der Waals surface area contributed by atoms with Crippen LogP contribution in [0.2, 0.25) is 0 Å². The molecule has 0 fully saturated rings. The zero-order valence-electron chi connectivity index (χ0n) is 15.3. The zero-order chi connectivity index (χ0) is 19.1. The summed E-state index contributed by atoms with van der Waals surface area (Å²) in [6.07, 6.45) is 2.68. The Bertz CT molecular complexity index is 896. The Morgan fingerprint density at radius 3 is 2.81 bits per heavy atom. The highest BCUT2D eigenvalue weighted by Gasteiger charge is 2.10. The number of hydrogen-bond donors (Lipinski definition) is 1. The third-order valence-corrected chi connectivity index (χ3v) is 4.60. The minimum Gasteiger partial charge on any atom is -0.493 e. The van der Waals surface area contributed by atoms with Gasteiger partial charge in [-0.05, 0) is 43.2 Å². The Kier molecular flexibility index (Phi) is 6.38. The molecule has 0 unspecified atom stereocenters. The van der Waals surface area contributed by atoms with Crippen LogP contribution in [0, 0.1) is 0 Å². The third-order valence-electron chi connectivity index (χ3n) is 3.85. The number of hydrogen-bond acceptors (Lipinski definition) is 6. The van der Waals surface area contributed by atoms with Gasteiger partial charge in [0.05, 0.1) is 19.4 Å². The molecule has 3 aromatic rings. The van der Waals surface area contributed by atoms with Crippen molar-refractivity contribution >= 4 is 22.4 Å². The molecule has 3 rings (SSSR count). The van der Waals surface area contributed by atoms with Crippen molar-refractivity contribution < 1.29 is 14.3 Å². The second kappa shape index (κ2) is 9.14. The van der Waals surface area contributed by atoms with Crippen molar-refractivity contribution in [2.75, 3.05) is 19.0 Å². The molecule has 0 aliphatic heterocycles. The Morgan fingerprint density at radius 2 is 2.07 bits per heavy atom. The quantitative estimate of drug-likeness (QED) is 0.632. The average molecular weight is 383 g/mol. The minimum atomic E-state index is -0.0789. The first-order valence-electron chi connectivity index (χ1n) is 8.66. The molecule has 0 atom stereocenters. The normalized spacial score (nSPS) is 10.4. The lowest BCUT2D eigenvalue weighted by Gasteiger charge is -2.10. The van der Waals surface area contributed by atoms with Crippen LogP contribution in [0.3, 0.4) is 0 Å². The molecule has 0 aliphatic rings. The highest BCUT2D eigenvalue weighted by atomic mass is 32.1. The number of benzene rings is 1. The molecule has 0 saturated carbocycles. The fourth-order valence-corrected chi connectivity index (χ4v) is 3.27. The van der Waals surface area contributed by atoms with Gasteiger partial charge in [0.15, 0.2) is 16.6 Å². The number of carbonyl (C=O) groups excluding carboxylic acids is 1. The van der Waals surface area contributed by atoms with Gasteiger partial charge in [0.25, 0.3) is 0 Å². The van der Waals surface area contributed by atoms with Crippen LogP contribution in [0.25, 0.3) is 11.4 Å². The van der Waals surface area contributed by atoms with E-state index >= 15 is 0 Å². The van der Waals surface area contributed by atoms with Crippen LogP contribution in [0.15, 0.2) is 48.0 Å². The summed E-state index contributed by atoms with van der Waals surface area (Å²) in [7, 11) is 1.61. The van der Waals surface area contributed by atoms with E-state index in [0.29, 0.717) is 36.1 Å². The van der Waals surface area contributed by atoms with Crippen molar-refractivity contribution in [2.45, 2.75) is 19.8 Å². The number of aromatic nitrogens is 2. The van der Waals surface area contributed by atoms with Gasteiger partial charge in [-0.1, -0.05) is 12.1 Å². The van der Waals surface area contributed by atoms with Crippen molar-refractivity contribution in [1.29, 1.82) is 0 Å². The topological polar surface area (TPSA) is 73.3 Å². The minimum absolute atomic E-state index is 0.0789. The highest BCUT2D eigenvalue weighted by Crippen LogP contribution is 2.28. The largest absolute Gasteiger partial charge is 0.493 e. The number of anilines is 1. The molecular formula is C20H21N3O3S. The summed E-state index contributed by atoms with van der Waals surface area (Å²) < 4.78 is 10.9. The molecule has 0 aliphatic carbocycles. The lowest BCUT2D eigenvalue weighted by atomic mass is 10.1. The van der Waals surface area contributed by atoms with Gasteiger partial charge in [-0.25, -0.2) is 4.98 Å². The van der Waals surface area contributed by atoms with E-state index in [-0.39, 0.29) is 5.91 Å². The molecule has 1 aromatic carbocycles. The van der Waals surface area contributed by atoms with Crippen LogP contribution in [-0.2, 0) is 11.2 Å². The SMILES string of the molecule is CCOc1ccc(CCC(=O)Nc2nc(-c3ccccn3)cs2)cc1OC. The molecule has 1 N–H and O–H groups in total. The summed E-state index contributed by atoms with van der Waals surface area (Å²) in [5.74, 6) is 1.30. The molecule has 2 aromatic heterocycles. The summed E-state index contributed by atoms with van der Waals surface area (Å²) in [5.41, 5.74) is 2.56. The summed E-state index contributed by atoms with van der Waals surface area (Å²) in [6, 6.07) is 11.4. The van der Waals surface area contributed by atoms with E-state index < -0.39 is 0 Å². The van der Waals surface area contributed by atoms with Gasteiger partial charge in [-0.15, -0.1) is 11.3 Å². The first kappa shape index (κ1) is 18.8. The van der Waals surface area contributed by atoms with Crippen molar-refractivity contribution in [3.8, 4) is 22.9 Å². The zero-order valence-corrected chi connectivity index (χ0v) is 16.1. The van der Waals surface area contributed by atoms with Crippen molar-refractivity contribution in [3.63, 3.8) is 0 Å². The molecule has 0 spiro atoms. The van der Waals surface area contributed by atoms with E-state index in [1.807, 2.05) is 48.7 Å². The van der Waals surface area contributed by atoms with Crippen molar-refractivity contribution in [3.05, 3.63) is 53.5 Å². The summed E-state index contributed by atoms with van der Waals surface area (Å²) in [6.45, 7) is 2.50. The second-order valence-corrected chi connectivity index (χ2v) is 6.58. The van der Waals surface area contributed by atoms with Gasteiger partial charge in [-0.3, -0.25) is 9.78 Å². The number of amides is 1. The maximum absolute atomic E-state index is 12.2. The first-order valence-corrected chi connectivity index (χ1v) is 9.54. The molecule has 7 heteroatoms. The van der Waals surface area contributed by atoms with Crippen LogP contribution in [0.1, 0.15) is 18.9 Å². The third kappa shape index (κ3) is 5.04. The summed E-state index contributed by atoms with van der Waals surface area (Å²) in [5, 5.41) is 5.31. The molecule has 6 nitrogen and oxygen atoms in total. The number of aryl methyl sites for hydroxylation is 1. The monoisotopic (exact) mass is 383 g/mol. The molecule has 0 saturated heterocycles. The predicted octanol–water partition coefficient (Wildman–Crippen LogP) is 4.18. The van der Waals surface area contributed by atoms with E-state index in [2.05, 4.69) is 15.3 Å². The Labute approximate surface area is 162 Å². The maximum Gasteiger partial charge on any atom is 0.226 e. The van der Waals surface area contributed by atoms with Gasteiger partial charge >= 0.3 is 0 Å². The van der Waals surface area contributed by atoms with Crippen molar-refractivity contribution in [2.24, 2.45) is 0 Å². The van der Waals surface area contributed by atoms with Crippen LogP contribution < -0.4 is 14.8 Å². The van der Waals surface area contributed by atoms with Crippen LogP contribution in [0.5, 0.6) is 11.5 Å². The molecule has 27 heavy (non-hydrogen) atoms. The lowest BCUT2D eigenvalue weighted by Crippen LogP contribution is -2.12. The number of ether oxygens (including phenoxy) is 2. The standard InChI is InChI=1S/C20H21N3O3S/c1-3-26-17-9-7-14(12-18(17)25-2)8-10-19(24)23-20-22-16(13-27-20)15-6-4-5-11-21-15/h4-7,9,11-13H,3,8,10H2,1-2H3,(H,22,23,24). The lowest BCUT2D eigenvalue weighted by molar-refractivity contribution is -0.116. The highest BCUT2D eigenvalue weighted by molar-refractivity contribution is 7.14. The van der Waals surface area contributed by atoms with Gasteiger partial charge in [0, 0.05) is 18.0 Å². The second-order valence-electron chi connectivity index (χ2n) is 5.72. The molecule has 2 heterocycles. The number of rotatable bonds is 8. The number of methoxy groups -OCH3 is 1. The Balaban J connectivity index is 1.56. The smallest absolute Gasteiger partial charge is 0.226 e. The van der Waals surface area contributed by atoms with E-state index in [0.717, 1.165) is 17.0 Å². The molecule has 0 bridgehead atoms. The van der Waals surface area contributed by atoms with E-state index in [9.17, 15) is 4.79 Å². The number of pyridine rings is 1. The van der Waals surface area contributed by atoms with Gasteiger partial charge in [0.2, 0.25) is 5.91 Å². The first-order chi connectivity index (χ1) is 13.2. The van der Waals surface area contributed by atoms with E-state index in [1.165, 1.54) is 11.3 Å². The molecule has 1 amide bonds. The fourth-order valence-electron chi connectivity index (χ4n) is 2.54. The molecular weight excluding hydrogens is 362 g/mol. The van der Waals surface area contributed by atoms with Crippen LogP contribution in [-0.4, -0.2) is 29.6 Å². The number of carbonyl (C=O) groups is 1. The maximum atomic E-state index is 12.2. The molecule has 140 valence electrons. The van der Waals surface area contributed by atoms with Crippen LogP contribution >= 0.6 is 11.3 Å². The van der Waals surface area contributed by atoms with Gasteiger partial charge < -0.3 is 14.8 Å². The number of nitrogens with zero attached hydrogens (tertiary/aromatic N) is 2. The fraction of sp³-hybridized carbons (Fsp3) is 0.250. The number of thiazole rings is 1. The Morgan fingerprint density at radius 1 is 1.19 bits per heavy atom. The predicted molar refractivity (Wildman–Crippen MR) is 106 cm³/mol. The van der Waals surface area contributed by atoms with Crippen molar-refractivity contribution in [1.82, 2.24) is 9.97 Å². The summed E-state index contributed by atoms with van der Waals surface area (Å²) in [4.78, 5) is 20.9. The van der Waals surface area contributed by atoms with Gasteiger partial charge in [0.1, 0.15) is 5.69 Å². The average Bonchev–Trinajstić information content (AvgIpc) is 3.16. The van der Waals surface area contributed by atoms with E-state index in [1.54, 1.807) is 13.3 Å². The Hall–Kier alpha value is -2.93. The van der Waals surface area contributed by atoms with E-state index in [4.69, 9.17) is 9.47 Å².